The predicted octanol–water partition coefficient (Wildman–Crippen LogP) is 10.0. The van der Waals surface area contributed by atoms with E-state index >= 15 is 0 Å². The fourth-order valence-corrected chi connectivity index (χ4v) is 7.37. The smallest absolute Gasteiger partial charge is 0.0545 e. The molecule has 0 aliphatic carbocycles. The number of benzene rings is 6. The van der Waals surface area contributed by atoms with Crippen molar-refractivity contribution in [2.24, 2.45) is 0 Å². The van der Waals surface area contributed by atoms with Gasteiger partial charge in [0.1, 0.15) is 0 Å². The van der Waals surface area contributed by atoms with Crippen molar-refractivity contribution >= 4 is 64.8 Å². The predicted molar refractivity (Wildman–Crippen MR) is 171 cm³/mol. The summed E-state index contributed by atoms with van der Waals surface area (Å²) < 4.78 is 0. The molecule has 1 N–H and O–H groups in total. The highest BCUT2D eigenvalue weighted by Gasteiger charge is 2.26. The van der Waals surface area contributed by atoms with Gasteiger partial charge < -0.3 is 4.98 Å². The van der Waals surface area contributed by atoms with Crippen LogP contribution < -0.4 is 0 Å². The Balaban J connectivity index is 1.50. The largest absolute Gasteiger partial charge is 0.354 e. The standard InChI is InChI=1S/C38H21N3/c1-2-4-23(5-3-1)32-20-30-29-18-27(21-10-14-39-15-11-21)25-8-6-24-7-9-26-28(22-12-16-40-17-13-22)19-31(38(30)41-32)37-35(26)33(24)34(25)36(29)37/h1-20,41H. The number of H-pyrrole nitrogens is 1. The van der Waals surface area contributed by atoms with Crippen molar-refractivity contribution in [1.29, 1.82) is 0 Å². The molecular weight excluding hydrogens is 498 g/mol. The van der Waals surface area contributed by atoms with Crippen molar-refractivity contribution in [2.45, 2.75) is 0 Å². The van der Waals surface area contributed by atoms with E-state index in [0.717, 1.165) is 5.69 Å². The molecule has 0 spiro atoms. The van der Waals surface area contributed by atoms with Gasteiger partial charge in [-0.05, 0) is 113 Å². The van der Waals surface area contributed by atoms with E-state index in [1.54, 1.807) is 0 Å². The minimum atomic E-state index is 1.14. The first kappa shape index (κ1) is 21.3. The number of nitrogens with one attached hydrogen (secondary N) is 1. The Morgan fingerprint density at radius 1 is 0.415 bits per heavy atom. The van der Waals surface area contributed by atoms with E-state index < -0.39 is 0 Å². The van der Waals surface area contributed by atoms with Crippen molar-refractivity contribution in [3.63, 3.8) is 0 Å². The van der Waals surface area contributed by atoms with Crippen LogP contribution in [0.3, 0.4) is 0 Å². The van der Waals surface area contributed by atoms with Crippen molar-refractivity contribution in [3.05, 3.63) is 122 Å². The Morgan fingerprint density at radius 2 is 0.976 bits per heavy atom. The zero-order valence-corrected chi connectivity index (χ0v) is 21.9. The van der Waals surface area contributed by atoms with Gasteiger partial charge in [0, 0.05) is 46.6 Å². The van der Waals surface area contributed by atoms with Crippen molar-refractivity contribution in [2.75, 3.05) is 0 Å². The highest BCUT2D eigenvalue weighted by atomic mass is 14.7. The second-order valence-electron chi connectivity index (χ2n) is 11.1. The van der Waals surface area contributed by atoms with Crippen LogP contribution in [0.4, 0.5) is 0 Å². The molecule has 0 aliphatic heterocycles. The van der Waals surface area contributed by atoms with Gasteiger partial charge in [-0.3, -0.25) is 9.97 Å². The topological polar surface area (TPSA) is 41.6 Å². The number of hydrogen-bond acceptors (Lipinski definition) is 2. The average molecular weight is 520 g/mol. The Morgan fingerprint density at radius 3 is 1.61 bits per heavy atom. The molecule has 3 heteroatoms. The van der Waals surface area contributed by atoms with Crippen molar-refractivity contribution < 1.29 is 0 Å². The normalized spacial score (nSPS) is 12.4. The van der Waals surface area contributed by atoms with Crippen LogP contribution in [0.5, 0.6) is 0 Å². The number of aromatic nitrogens is 3. The van der Waals surface area contributed by atoms with Crippen LogP contribution in [0, 0.1) is 0 Å². The van der Waals surface area contributed by atoms with E-state index in [-0.39, 0.29) is 0 Å². The Hall–Kier alpha value is -5.54. The molecule has 3 aromatic heterocycles. The first-order chi connectivity index (χ1) is 20.3. The number of fused-ring (bicyclic) bond motifs is 3. The lowest BCUT2D eigenvalue weighted by Gasteiger charge is -2.13. The molecule has 0 bridgehead atoms. The van der Waals surface area contributed by atoms with Gasteiger partial charge >= 0.3 is 0 Å². The number of aromatic amines is 1. The minimum Gasteiger partial charge on any atom is -0.354 e. The first-order valence-corrected chi connectivity index (χ1v) is 14.0. The van der Waals surface area contributed by atoms with Gasteiger partial charge in [0.05, 0.1) is 5.52 Å². The summed E-state index contributed by atoms with van der Waals surface area (Å²) in [6.07, 6.45) is 7.56. The van der Waals surface area contributed by atoms with E-state index in [4.69, 9.17) is 0 Å². The number of hydrogen-bond donors (Lipinski definition) is 1. The third-order valence-electron chi connectivity index (χ3n) is 9.08. The number of pyridine rings is 2. The lowest BCUT2D eigenvalue weighted by Crippen LogP contribution is -1.87. The lowest BCUT2D eigenvalue weighted by atomic mass is 9.90. The second-order valence-corrected chi connectivity index (χ2v) is 11.1. The molecule has 0 unspecified atom stereocenters. The lowest BCUT2D eigenvalue weighted by molar-refractivity contribution is 1.33. The quantitative estimate of drug-likeness (QED) is 0.236. The Labute approximate surface area is 234 Å². The maximum Gasteiger partial charge on any atom is 0.0545 e. The van der Waals surface area contributed by atoms with Gasteiger partial charge in [-0.15, -0.1) is 0 Å². The molecule has 7 aromatic carbocycles. The third-order valence-corrected chi connectivity index (χ3v) is 9.08. The molecule has 0 fully saturated rings. The molecule has 0 radical (unpaired) electrons. The van der Waals surface area contributed by atoms with E-state index in [1.807, 2.05) is 24.8 Å². The summed E-state index contributed by atoms with van der Waals surface area (Å²) in [4.78, 5) is 12.5. The summed E-state index contributed by atoms with van der Waals surface area (Å²) >= 11 is 0. The number of rotatable bonds is 3. The molecule has 0 amide bonds. The fourth-order valence-electron chi connectivity index (χ4n) is 7.37. The van der Waals surface area contributed by atoms with Crippen LogP contribution in [-0.2, 0) is 0 Å². The molecule has 3 heterocycles. The van der Waals surface area contributed by atoms with Gasteiger partial charge in [0.15, 0.2) is 0 Å². The highest BCUT2D eigenvalue weighted by molar-refractivity contribution is 6.49. The molecule has 3 nitrogen and oxygen atoms in total. The zero-order chi connectivity index (χ0) is 26.7. The van der Waals surface area contributed by atoms with E-state index in [1.165, 1.54) is 92.6 Å². The van der Waals surface area contributed by atoms with Crippen LogP contribution in [0.25, 0.3) is 98.3 Å². The van der Waals surface area contributed by atoms with Crippen molar-refractivity contribution in [1.82, 2.24) is 15.0 Å². The monoisotopic (exact) mass is 519 g/mol. The maximum atomic E-state index is 4.31. The molecule has 0 saturated carbocycles. The summed E-state index contributed by atoms with van der Waals surface area (Å²) in [6, 6.07) is 35.5. The number of nitrogens with zero attached hydrogens (tertiary/aromatic N) is 2. The van der Waals surface area contributed by atoms with Crippen molar-refractivity contribution in [3.8, 4) is 33.5 Å². The van der Waals surface area contributed by atoms with E-state index in [2.05, 4.69) is 112 Å². The summed E-state index contributed by atoms with van der Waals surface area (Å²) in [5, 5.41) is 14.5. The Bertz CT molecular complexity index is 2390. The van der Waals surface area contributed by atoms with Gasteiger partial charge in [0.2, 0.25) is 0 Å². The highest BCUT2D eigenvalue weighted by Crippen LogP contribution is 2.54. The van der Waals surface area contributed by atoms with E-state index in [9.17, 15) is 0 Å². The average Bonchev–Trinajstić information content (AvgIpc) is 3.65. The maximum absolute atomic E-state index is 4.31. The molecule has 0 aliphatic rings. The molecule has 10 aromatic rings. The Kier molecular flexibility index (Phi) is 3.93. The summed E-state index contributed by atoms with van der Waals surface area (Å²) in [6.45, 7) is 0. The van der Waals surface area contributed by atoms with Crippen LogP contribution in [-0.4, -0.2) is 15.0 Å². The third kappa shape index (κ3) is 2.68. The molecule has 41 heavy (non-hydrogen) atoms. The molecule has 0 saturated heterocycles. The van der Waals surface area contributed by atoms with Crippen LogP contribution in [0.15, 0.2) is 122 Å². The zero-order valence-electron chi connectivity index (χ0n) is 21.9. The van der Waals surface area contributed by atoms with Gasteiger partial charge in [-0.1, -0.05) is 54.6 Å². The van der Waals surface area contributed by atoms with Gasteiger partial charge in [0.25, 0.3) is 0 Å². The molecule has 0 atom stereocenters. The van der Waals surface area contributed by atoms with E-state index in [0.29, 0.717) is 0 Å². The fraction of sp³-hybridized carbons (Fsp3) is 0. The first-order valence-electron chi connectivity index (χ1n) is 14.0. The summed E-state index contributed by atoms with van der Waals surface area (Å²) in [7, 11) is 0. The van der Waals surface area contributed by atoms with Gasteiger partial charge in [-0.2, -0.15) is 0 Å². The van der Waals surface area contributed by atoms with Crippen LogP contribution in [0.2, 0.25) is 0 Å². The summed E-state index contributed by atoms with van der Waals surface area (Å²) in [5.41, 5.74) is 8.38. The van der Waals surface area contributed by atoms with Crippen LogP contribution in [0.1, 0.15) is 0 Å². The minimum absolute atomic E-state index is 1.14. The molecule has 188 valence electrons. The van der Waals surface area contributed by atoms with Crippen LogP contribution >= 0.6 is 0 Å². The second kappa shape index (κ2) is 7.56. The van der Waals surface area contributed by atoms with Gasteiger partial charge in [-0.25, -0.2) is 0 Å². The molecule has 10 rings (SSSR count). The molecular formula is C38H21N3. The summed E-state index contributed by atoms with van der Waals surface area (Å²) in [5.74, 6) is 0. The SMILES string of the molecule is c1ccc(-c2cc3c4cc(-c5ccncc5)c5ccc6ccc7c(-c8ccncc8)cc(c3[nH]2)c2c7c6c5c42)cc1.